The first-order valence-corrected chi connectivity index (χ1v) is 7.04. The highest BCUT2D eigenvalue weighted by Gasteiger charge is 2.25. The molecule has 0 saturated carbocycles. The molecule has 0 spiro atoms. The summed E-state index contributed by atoms with van der Waals surface area (Å²) in [5.74, 6) is -1.62. The van der Waals surface area contributed by atoms with Crippen LogP contribution in [0.2, 0.25) is 0 Å². The van der Waals surface area contributed by atoms with E-state index in [0.29, 0.717) is 11.1 Å². The Hall–Kier alpha value is -2.40. The second-order valence-electron chi connectivity index (χ2n) is 4.22. The van der Waals surface area contributed by atoms with Gasteiger partial charge in [-0.2, -0.15) is 8.42 Å². The molecule has 5 heteroatoms. The van der Waals surface area contributed by atoms with Crippen LogP contribution >= 0.6 is 0 Å². The van der Waals surface area contributed by atoms with E-state index in [0.717, 1.165) is 0 Å². The van der Waals surface area contributed by atoms with Crippen molar-refractivity contribution in [1.82, 2.24) is 0 Å². The summed E-state index contributed by atoms with van der Waals surface area (Å²) in [5.41, 5.74) is 6.65. The van der Waals surface area contributed by atoms with E-state index in [1.54, 1.807) is 48.5 Å². The van der Waals surface area contributed by atoms with Gasteiger partial charge in [0, 0.05) is 0 Å². The SMILES string of the molecule is NC(=O)C(C(c1ccccc1)c1ccccc1)=S(=O)=O. The van der Waals surface area contributed by atoms with Crippen molar-refractivity contribution < 1.29 is 13.2 Å². The number of hydrogen-bond donors (Lipinski definition) is 1. The van der Waals surface area contributed by atoms with Crippen LogP contribution < -0.4 is 5.73 Å². The van der Waals surface area contributed by atoms with Gasteiger partial charge in [-0.1, -0.05) is 60.7 Å². The van der Waals surface area contributed by atoms with Crippen LogP contribution in [0.5, 0.6) is 0 Å². The van der Waals surface area contributed by atoms with E-state index >= 15 is 0 Å². The molecule has 20 heavy (non-hydrogen) atoms. The molecule has 0 aliphatic heterocycles. The molecule has 4 nitrogen and oxygen atoms in total. The van der Waals surface area contributed by atoms with Crippen LogP contribution in [0, 0.1) is 0 Å². The van der Waals surface area contributed by atoms with Crippen LogP contribution in [0.15, 0.2) is 60.7 Å². The van der Waals surface area contributed by atoms with Crippen molar-refractivity contribution in [3.63, 3.8) is 0 Å². The summed E-state index contributed by atoms with van der Waals surface area (Å²) in [6.07, 6.45) is 0. The van der Waals surface area contributed by atoms with Gasteiger partial charge in [0.05, 0.1) is 5.92 Å². The minimum Gasteiger partial charge on any atom is -0.365 e. The summed E-state index contributed by atoms with van der Waals surface area (Å²) in [6.45, 7) is 0. The number of amides is 1. The van der Waals surface area contributed by atoms with E-state index in [1.165, 1.54) is 0 Å². The Morgan fingerprint density at radius 2 is 1.25 bits per heavy atom. The normalized spacial score (nSPS) is 10.2. The Balaban J connectivity index is 2.69. The summed E-state index contributed by atoms with van der Waals surface area (Å²) < 4.78 is 22.8. The average Bonchev–Trinajstić information content (AvgIpc) is 2.45. The first kappa shape index (κ1) is 14.0. The Bertz CT molecular complexity index is 690. The van der Waals surface area contributed by atoms with E-state index in [2.05, 4.69) is 0 Å². The zero-order valence-corrected chi connectivity index (χ0v) is 11.4. The molecule has 0 radical (unpaired) electrons. The largest absolute Gasteiger partial charge is 0.365 e. The van der Waals surface area contributed by atoms with E-state index in [4.69, 9.17) is 5.73 Å². The Labute approximate surface area is 118 Å². The third-order valence-corrected chi connectivity index (χ3v) is 3.75. The van der Waals surface area contributed by atoms with Gasteiger partial charge in [-0.05, 0) is 11.1 Å². The van der Waals surface area contributed by atoms with Crippen molar-refractivity contribution in [1.29, 1.82) is 0 Å². The zero-order valence-electron chi connectivity index (χ0n) is 10.6. The smallest absolute Gasteiger partial charge is 0.261 e. The maximum Gasteiger partial charge on any atom is 0.261 e. The lowest BCUT2D eigenvalue weighted by Gasteiger charge is -2.16. The number of nitrogens with two attached hydrogens (primary N) is 1. The van der Waals surface area contributed by atoms with Gasteiger partial charge >= 0.3 is 0 Å². The van der Waals surface area contributed by atoms with Crippen LogP contribution in [0.3, 0.4) is 0 Å². The van der Waals surface area contributed by atoms with Crippen LogP contribution in [0.4, 0.5) is 0 Å². The summed E-state index contributed by atoms with van der Waals surface area (Å²) >= 11 is 0. The molecular formula is C15H13NO3S. The standard InChI is InChI=1S/C15H13NO3S/c16-15(17)14(20(18)19)13(11-7-3-1-4-8-11)12-9-5-2-6-10-12/h1-10,13H,(H2,16,17). The fraction of sp³-hybridized carbons (Fsp3) is 0.0667. The minimum atomic E-state index is -2.67. The van der Waals surface area contributed by atoms with Crippen molar-refractivity contribution in [2.24, 2.45) is 5.73 Å². The van der Waals surface area contributed by atoms with Crippen LogP contribution in [-0.2, 0) is 15.1 Å². The second-order valence-corrected chi connectivity index (χ2v) is 5.13. The van der Waals surface area contributed by atoms with Crippen molar-refractivity contribution in [2.75, 3.05) is 0 Å². The zero-order chi connectivity index (χ0) is 14.5. The Kier molecular flexibility index (Phi) is 4.32. The van der Waals surface area contributed by atoms with Crippen molar-refractivity contribution in [3.05, 3.63) is 71.8 Å². The van der Waals surface area contributed by atoms with E-state index < -0.39 is 22.1 Å². The number of carbonyl (C=O) groups is 1. The number of rotatable bonds is 4. The Morgan fingerprint density at radius 1 is 0.850 bits per heavy atom. The van der Waals surface area contributed by atoms with Crippen LogP contribution in [0.1, 0.15) is 17.0 Å². The van der Waals surface area contributed by atoms with E-state index in [-0.39, 0.29) is 4.86 Å². The predicted octanol–water partition coefficient (Wildman–Crippen LogP) is 1.36. The van der Waals surface area contributed by atoms with E-state index in [1.807, 2.05) is 12.1 Å². The summed E-state index contributed by atoms with van der Waals surface area (Å²) in [4.78, 5) is 11.2. The summed E-state index contributed by atoms with van der Waals surface area (Å²) in [6, 6.07) is 17.9. The molecule has 0 heterocycles. The van der Waals surface area contributed by atoms with Crippen molar-refractivity contribution in [2.45, 2.75) is 5.92 Å². The molecule has 2 aromatic rings. The number of primary amides is 1. The Morgan fingerprint density at radius 3 is 1.55 bits per heavy atom. The molecule has 0 aromatic heterocycles. The van der Waals surface area contributed by atoms with Gasteiger partial charge in [-0.3, -0.25) is 4.79 Å². The average molecular weight is 287 g/mol. The maximum atomic E-state index is 11.5. The van der Waals surface area contributed by atoms with Gasteiger partial charge in [0.2, 0.25) is 10.3 Å². The quantitative estimate of drug-likeness (QED) is 0.862. The van der Waals surface area contributed by atoms with Gasteiger partial charge in [0.25, 0.3) is 5.91 Å². The lowest BCUT2D eigenvalue weighted by molar-refractivity contribution is -0.111. The summed E-state index contributed by atoms with van der Waals surface area (Å²) in [7, 11) is -2.67. The maximum absolute atomic E-state index is 11.5. The lowest BCUT2D eigenvalue weighted by atomic mass is 9.88. The summed E-state index contributed by atoms with van der Waals surface area (Å²) in [5, 5.41) is 0. The molecule has 0 aliphatic rings. The second kappa shape index (κ2) is 6.16. The molecule has 0 aliphatic carbocycles. The minimum absolute atomic E-state index is 0.331. The molecule has 102 valence electrons. The fourth-order valence-electron chi connectivity index (χ4n) is 2.11. The van der Waals surface area contributed by atoms with Crippen LogP contribution in [-0.4, -0.2) is 19.2 Å². The monoisotopic (exact) mass is 287 g/mol. The topological polar surface area (TPSA) is 77.2 Å². The van der Waals surface area contributed by atoms with Gasteiger partial charge in [0.15, 0.2) is 0 Å². The first-order chi connectivity index (χ1) is 9.61. The number of benzene rings is 2. The van der Waals surface area contributed by atoms with Crippen molar-refractivity contribution >= 4 is 21.1 Å². The highest BCUT2D eigenvalue weighted by Crippen LogP contribution is 2.25. The van der Waals surface area contributed by atoms with E-state index in [9.17, 15) is 13.2 Å². The molecule has 0 fully saturated rings. The highest BCUT2D eigenvalue weighted by atomic mass is 32.2. The molecule has 0 saturated heterocycles. The van der Waals surface area contributed by atoms with Gasteiger partial charge in [-0.15, -0.1) is 0 Å². The predicted molar refractivity (Wildman–Crippen MR) is 77.8 cm³/mol. The molecule has 2 N–H and O–H groups in total. The van der Waals surface area contributed by atoms with Crippen molar-refractivity contribution in [3.8, 4) is 0 Å². The molecule has 2 aromatic carbocycles. The number of carbonyl (C=O) groups excluding carboxylic acids is 1. The van der Waals surface area contributed by atoms with Gasteiger partial charge in [0.1, 0.15) is 4.86 Å². The number of hydrogen-bond acceptors (Lipinski definition) is 3. The fourth-order valence-corrected chi connectivity index (χ4v) is 2.74. The molecule has 0 atom stereocenters. The molecule has 0 unspecified atom stereocenters. The third-order valence-electron chi connectivity index (χ3n) is 2.95. The first-order valence-electron chi connectivity index (χ1n) is 5.97. The van der Waals surface area contributed by atoms with Crippen LogP contribution in [0.25, 0.3) is 0 Å². The van der Waals surface area contributed by atoms with Gasteiger partial charge in [-0.25, -0.2) is 0 Å². The lowest BCUT2D eigenvalue weighted by Crippen LogP contribution is -2.30. The van der Waals surface area contributed by atoms with Gasteiger partial charge < -0.3 is 5.73 Å². The third kappa shape index (κ3) is 2.95. The molecule has 1 amide bonds. The molecular weight excluding hydrogens is 274 g/mol. The highest BCUT2D eigenvalue weighted by molar-refractivity contribution is 7.75. The molecule has 0 bridgehead atoms. The molecule has 2 rings (SSSR count).